The molecule has 1 rings (SSSR count). The lowest BCUT2D eigenvalue weighted by molar-refractivity contribution is -0.0477. The minimum absolute atomic E-state index is 0.218. The largest absolute Gasteiger partial charge is 0.444 e. The molecule has 1 heterocycles. The van der Waals surface area contributed by atoms with Gasteiger partial charge in [-0.3, -0.25) is 0 Å². The number of hydrogen-bond donors (Lipinski definition) is 0. The maximum atomic E-state index is 12.1. The van der Waals surface area contributed by atoms with Crippen LogP contribution in [0.25, 0.3) is 0 Å². The SMILES string of the molecule is CCC1(OCCCOC)CCN(C(=O)OC(C)(C)C)C1. The zero-order valence-corrected chi connectivity index (χ0v) is 13.5. The van der Waals surface area contributed by atoms with Crippen LogP contribution in [0.5, 0.6) is 0 Å². The Balaban J connectivity index is 2.47. The molecule has 0 N–H and O–H groups in total. The third kappa shape index (κ3) is 5.29. The summed E-state index contributed by atoms with van der Waals surface area (Å²) in [6.45, 7) is 10.5. The first-order chi connectivity index (χ1) is 9.32. The first kappa shape index (κ1) is 17.2. The monoisotopic (exact) mass is 287 g/mol. The number of nitrogens with zero attached hydrogens (tertiary/aromatic N) is 1. The Labute approximate surface area is 122 Å². The van der Waals surface area contributed by atoms with Crippen LogP contribution in [0, 0.1) is 0 Å². The van der Waals surface area contributed by atoms with Crippen LogP contribution in [0.1, 0.15) is 47.0 Å². The van der Waals surface area contributed by atoms with Crippen molar-refractivity contribution in [3.05, 3.63) is 0 Å². The molecule has 1 aliphatic heterocycles. The molecule has 1 aliphatic rings. The van der Waals surface area contributed by atoms with Crippen molar-refractivity contribution >= 4 is 6.09 Å². The number of ether oxygens (including phenoxy) is 3. The third-order valence-corrected chi connectivity index (χ3v) is 3.51. The van der Waals surface area contributed by atoms with Crippen LogP contribution in [-0.2, 0) is 14.2 Å². The van der Waals surface area contributed by atoms with Crippen LogP contribution in [-0.4, -0.2) is 55.6 Å². The molecule has 118 valence electrons. The van der Waals surface area contributed by atoms with Crippen molar-refractivity contribution in [1.29, 1.82) is 0 Å². The van der Waals surface area contributed by atoms with Crippen LogP contribution >= 0.6 is 0 Å². The Bertz CT molecular complexity index is 313. The van der Waals surface area contributed by atoms with E-state index in [1.807, 2.05) is 20.8 Å². The molecule has 0 aromatic rings. The van der Waals surface area contributed by atoms with E-state index in [0.29, 0.717) is 26.3 Å². The normalized spacial score (nSPS) is 23.1. The van der Waals surface area contributed by atoms with E-state index in [0.717, 1.165) is 19.3 Å². The Morgan fingerprint density at radius 2 is 2.00 bits per heavy atom. The van der Waals surface area contributed by atoms with Gasteiger partial charge in [0.25, 0.3) is 0 Å². The van der Waals surface area contributed by atoms with Gasteiger partial charge >= 0.3 is 6.09 Å². The van der Waals surface area contributed by atoms with E-state index in [2.05, 4.69) is 6.92 Å². The van der Waals surface area contributed by atoms with E-state index in [9.17, 15) is 4.79 Å². The molecule has 0 aromatic heterocycles. The van der Waals surface area contributed by atoms with Gasteiger partial charge in [0.05, 0.1) is 12.1 Å². The maximum absolute atomic E-state index is 12.1. The van der Waals surface area contributed by atoms with Gasteiger partial charge in [0.1, 0.15) is 5.60 Å². The molecule has 20 heavy (non-hydrogen) atoms. The van der Waals surface area contributed by atoms with E-state index in [-0.39, 0.29) is 11.7 Å². The number of carbonyl (C=O) groups is 1. The van der Waals surface area contributed by atoms with Gasteiger partial charge in [-0.2, -0.15) is 0 Å². The second-order valence-corrected chi connectivity index (χ2v) is 6.38. The number of carbonyl (C=O) groups excluding carboxylic acids is 1. The average Bonchev–Trinajstić information content (AvgIpc) is 2.78. The molecule has 0 bridgehead atoms. The lowest BCUT2D eigenvalue weighted by Gasteiger charge is -2.29. The molecule has 0 aromatic carbocycles. The van der Waals surface area contributed by atoms with Crippen molar-refractivity contribution in [2.24, 2.45) is 0 Å². The highest BCUT2D eigenvalue weighted by molar-refractivity contribution is 5.68. The predicted octanol–water partition coefficient (Wildman–Crippen LogP) is 2.83. The van der Waals surface area contributed by atoms with Crippen LogP contribution in [0.15, 0.2) is 0 Å². The maximum Gasteiger partial charge on any atom is 0.410 e. The second-order valence-electron chi connectivity index (χ2n) is 6.38. The summed E-state index contributed by atoms with van der Waals surface area (Å²) in [4.78, 5) is 13.8. The third-order valence-electron chi connectivity index (χ3n) is 3.51. The molecule has 0 saturated carbocycles. The second kappa shape index (κ2) is 7.27. The molecule has 1 saturated heterocycles. The fraction of sp³-hybridized carbons (Fsp3) is 0.933. The average molecular weight is 287 g/mol. The van der Waals surface area contributed by atoms with E-state index in [1.165, 1.54) is 0 Å². The standard InChI is InChI=1S/C15H29NO4/c1-6-15(19-11-7-10-18-5)8-9-16(12-15)13(17)20-14(2,3)4/h6-12H2,1-5H3. The molecule has 0 spiro atoms. The molecular formula is C15H29NO4. The Hall–Kier alpha value is -0.810. The van der Waals surface area contributed by atoms with Crippen LogP contribution in [0.4, 0.5) is 4.79 Å². The van der Waals surface area contributed by atoms with Gasteiger partial charge in [0, 0.05) is 26.9 Å². The van der Waals surface area contributed by atoms with Crippen molar-refractivity contribution in [3.63, 3.8) is 0 Å². The summed E-state index contributed by atoms with van der Waals surface area (Å²) in [6, 6.07) is 0. The number of amides is 1. The van der Waals surface area contributed by atoms with E-state index >= 15 is 0 Å². The molecule has 1 fully saturated rings. The smallest absolute Gasteiger partial charge is 0.410 e. The molecule has 1 amide bonds. The zero-order chi connectivity index (χ0) is 15.2. The summed E-state index contributed by atoms with van der Waals surface area (Å²) in [5.41, 5.74) is -0.668. The Morgan fingerprint density at radius 1 is 1.30 bits per heavy atom. The minimum Gasteiger partial charge on any atom is -0.444 e. The summed E-state index contributed by atoms with van der Waals surface area (Å²) in [7, 11) is 1.69. The summed E-state index contributed by atoms with van der Waals surface area (Å²) in [5.74, 6) is 0. The van der Waals surface area contributed by atoms with E-state index < -0.39 is 5.60 Å². The minimum atomic E-state index is -0.451. The summed E-state index contributed by atoms with van der Waals surface area (Å²) in [5, 5.41) is 0. The van der Waals surface area contributed by atoms with Crippen LogP contribution < -0.4 is 0 Å². The summed E-state index contributed by atoms with van der Waals surface area (Å²) in [6.07, 6.45) is 2.41. The van der Waals surface area contributed by atoms with Crippen molar-refractivity contribution in [1.82, 2.24) is 4.90 Å². The van der Waals surface area contributed by atoms with Crippen molar-refractivity contribution < 1.29 is 19.0 Å². The predicted molar refractivity (Wildman–Crippen MR) is 77.9 cm³/mol. The first-order valence-electron chi connectivity index (χ1n) is 7.43. The van der Waals surface area contributed by atoms with E-state index in [4.69, 9.17) is 14.2 Å². The first-order valence-corrected chi connectivity index (χ1v) is 7.43. The number of rotatable bonds is 6. The fourth-order valence-electron chi connectivity index (χ4n) is 2.33. The molecule has 0 aliphatic carbocycles. The van der Waals surface area contributed by atoms with Gasteiger partial charge in [-0.1, -0.05) is 6.92 Å². The molecule has 1 unspecified atom stereocenters. The van der Waals surface area contributed by atoms with Crippen LogP contribution in [0.3, 0.4) is 0 Å². The van der Waals surface area contributed by atoms with Gasteiger partial charge in [0.2, 0.25) is 0 Å². The van der Waals surface area contributed by atoms with Crippen molar-refractivity contribution in [3.8, 4) is 0 Å². The molecule has 5 heteroatoms. The Kier molecular flexibility index (Phi) is 6.27. The highest BCUT2D eigenvalue weighted by Crippen LogP contribution is 2.30. The highest BCUT2D eigenvalue weighted by Gasteiger charge is 2.40. The fourth-order valence-corrected chi connectivity index (χ4v) is 2.33. The van der Waals surface area contributed by atoms with Gasteiger partial charge < -0.3 is 19.1 Å². The van der Waals surface area contributed by atoms with Crippen LogP contribution in [0.2, 0.25) is 0 Å². The van der Waals surface area contributed by atoms with Gasteiger partial charge in [0.15, 0.2) is 0 Å². The lowest BCUT2D eigenvalue weighted by Crippen LogP contribution is -2.40. The molecule has 1 atom stereocenters. The summed E-state index contributed by atoms with van der Waals surface area (Å²) >= 11 is 0. The topological polar surface area (TPSA) is 48.0 Å². The van der Waals surface area contributed by atoms with Gasteiger partial charge in [-0.05, 0) is 40.0 Å². The van der Waals surface area contributed by atoms with Crippen molar-refractivity contribution in [2.45, 2.75) is 58.2 Å². The number of likely N-dealkylation sites (tertiary alicyclic amines) is 1. The van der Waals surface area contributed by atoms with Gasteiger partial charge in [-0.15, -0.1) is 0 Å². The van der Waals surface area contributed by atoms with Crippen molar-refractivity contribution in [2.75, 3.05) is 33.4 Å². The molecular weight excluding hydrogens is 258 g/mol. The lowest BCUT2D eigenvalue weighted by atomic mass is 10.00. The Morgan fingerprint density at radius 3 is 2.55 bits per heavy atom. The zero-order valence-electron chi connectivity index (χ0n) is 13.5. The number of methoxy groups -OCH3 is 1. The number of hydrogen-bond acceptors (Lipinski definition) is 4. The quantitative estimate of drug-likeness (QED) is 0.705. The highest BCUT2D eigenvalue weighted by atomic mass is 16.6. The summed E-state index contributed by atoms with van der Waals surface area (Å²) < 4.78 is 16.5. The van der Waals surface area contributed by atoms with E-state index in [1.54, 1.807) is 12.0 Å². The molecule has 5 nitrogen and oxygen atoms in total. The van der Waals surface area contributed by atoms with Gasteiger partial charge in [-0.25, -0.2) is 4.79 Å². The molecule has 0 radical (unpaired) electrons.